The van der Waals surface area contributed by atoms with Gasteiger partial charge >= 0.3 is 0 Å². The second kappa shape index (κ2) is 11.5. The Labute approximate surface area is 170 Å². The normalized spacial score (nSPS) is 17.6. The number of aryl methyl sites for hydroxylation is 1. The van der Waals surface area contributed by atoms with E-state index in [1.807, 2.05) is 7.05 Å². The van der Waals surface area contributed by atoms with Crippen LogP contribution in [0.25, 0.3) is 0 Å². The molecular formula is C24H34N4. The molecule has 0 aliphatic carbocycles. The molecule has 0 bridgehead atoms. The van der Waals surface area contributed by atoms with E-state index >= 15 is 0 Å². The van der Waals surface area contributed by atoms with Crippen LogP contribution in [0.4, 0.5) is 0 Å². The summed E-state index contributed by atoms with van der Waals surface area (Å²) in [5.41, 5.74) is 2.83. The minimum absolute atomic E-state index is 0.707. The third-order valence-electron chi connectivity index (χ3n) is 5.49. The summed E-state index contributed by atoms with van der Waals surface area (Å²) in [4.78, 5) is 6.96. The van der Waals surface area contributed by atoms with Crippen molar-refractivity contribution in [1.29, 1.82) is 0 Å². The summed E-state index contributed by atoms with van der Waals surface area (Å²) in [6.07, 6.45) is 4.63. The highest BCUT2D eigenvalue weighted by Crippen LogP contribution is 2.16. The van der Waals surface area contributed by atoms with Crippen LogP contribution in [0.15, 0.2) is 65.7 Å². The monoisotopic (exact) mass is 378 g/mol. The molecule has 1 unspecified atom stereocenters. The van der Waals surface area contributed by atoms with Gasteiger partial charge in [0.15, 0.2) is 5.96 Å². The average Bonchev–Trinajstić information content (AvgIpc) is 3.21. The van der Waals surface area contributed by atoms with Crippen molar-refractivity contribution in [3.63, 3.8) is 0 Å². The fourth-order valence-corrected chi connectivity index (χ4v) is 3.82. The number of benzene rings is 2. The fourth-order valence-electron chi connectivity index (χ4n) is 3.82. The van der Waals surface area contributed by atoms with Crippen LogP contribution in [0.3, 0.4) is 0 Å². The lowest BCUT2D eigenvalue weighted by Crippen LogP contribution is -2.40. The second-order valence-electron chi connectivity index (χ2n) is 7.66. The van der Waals surface area contributed by atoms with Gasteiger partial charge in [-0.1, -0.05) is 60.7 Å². The molecule has 1 aliphatic rings. The van der Waals surface area contributed by atoms with Crippen LogP contribution in [0.2, 0.25) is 0 Å². The van der Waals surface area contributed by atoms with Gasteiger partial charge in [0.1, 0.15) is 0 Å². The molecule has 28 heavy (non-hydrogen) atoms. The molecule has 1 fully saturated rings. The van der Waals surface area contributed by atoms with E-state index in [1.54, 1.807) is 0 Å². The van der Waals surface area contributed by atoms with Crippen molar-refractivity contribution in [2.45, 2.75) is 25.7 Å². The van der Waals surface area contributed by atoms with Crippen LogP contribution in [-0.2, 0) is 12.8 Å². The van der Waals surface area contributed by atoms with Crippen LogP contribution < -0.4 is 10.6 Å². The van der Waals surface area contributed by atoms with E-state index in [9.17, 15) is 0 Å². The maximum atomic E-state index is 4.37. The Bertz CT molecular complexity index is 699. The van der Waals surface area contributed by atoms with Crippen molar-refractivity contribution in [1.82, 2.24) is 15.5 Å². The molecule has 2 aromatic carbocycles. The fraction of sp³-hybridized carbons (Fsp3) is 0.458. The molecule has 1 saturated heterocycles. The zero-order valence-electron chi connectivity index (χ0n) is 17.1. The van der Waals surface area contributed by atoms with Gasteiger partial charge in [-0.3, -0.25) is 4.99 Å². The molecule has 2 N–H and O–H groups in total. The zero-order chi connectivity index (χ0) is 19.4. The molecule has 1 atom stereocenters. The first-order chi connectivity index (χ1) is 13.8. The molecule has 1 aliphatic heterocycles. The predicted molar refractivity (Wildman–Crippen MR) is 119 cm³/mol. The van der Waals surface area contributed by atoms with Crippen LogP contribution in [0.1, 0.15) is 24.0 Å². The van der Waals surface area contributed by atoms with E-state index in [4.69, 9.17) is 0 Å². The summed E-state index contributed by atoms with van der Waals surface area (Å²) in [7, 11) is 1.85. The first-order valence-electron chi connectivity index (χ1n) is 10.6. The van der Waals surface area contributed by atoms with E-state index in [2.05, 4.69) is 81.2 Å². The van der Waals surface area contributed by atoms with E-state index in [0.717, 1.165) is 44.9 Å². The number of rotatable bonds is 9. The molecule has 0 radical (unpaired) electrons. The average molecular weight is 379 g/mol. The zero-order valence-corrected chi connectivity index (χ0v) is 17.1. The quantitative estimate of drug-likeness (QED) is 0.399. The van der Waals surface area contributed by atoms with Crippen LogP contribution in [0.5, 0.6) is 0 Å². The maximum absolute atomic E-state index is 4.37. The minimum Gasteiger partial charge on any atom is -0.356 e. The lowest BCUT2D eigenvalue weighted by molar-refractivity contribution is 0.328. The summed E-state index contributed by atoms with van der Waals surface area (Å²) in [6, 6.07) is 21.5. The SMILES string of the molecule is CN=C(NCCCc1ccccc1)NCC1CCN(CCc2ccccc2)C1. The van der Waals surface area contributed by atoms with E-state index < -0.39 is 0 Å². The summed E-state index contributed by atoms with van der Waals surface area (Å²) in [5, 5.41) is 6.96. The van der Waals surface area contributed by atoms with Gasteiger partial charge in [0.2, 0.25) is 0 Å². The number of nitrogens with one attached hydrogen (secondary N) is 2. The highest BCUT2D eigenvalue weighted by Gasteiger charge is 2.22. The Morgan fingerprint density at radius 3 is 2.32 bits per heavy atom. The van der Waals surface area contributed by atoms with Crippen molar-refractivity contribution in [3.05, 3.63) is 71.8 Å². The molecule has 4 heteroatoms. The Morgan fingerprint density at radius 2 is 1.64 bits per heavy atom. The number of hydrogen-bond donors (Lipinski definition) is 2. The number of hydrogen-bond acceptors (Lipinski definition) is 2. The first kappa shape index (κ1) is 20.4. The Morgan fingerprint density at radius 1 is 0.964 bits per heavy atom. The van der Waals surface area contributed by atoms with Gasteiger partial charge in [-0.05, 0) is 49.3 Å². The molecular weight excluding hydrogens is 344 g/mol. The third kappa shape index (κ3) is 7.01. The van der Waals surface area contributed by atoms with E-state index in [-0.39, 0.29) is 0 Å². The maximum Gasteiger partial charge on any atom is 0.190 e. The second-order valence-corrected chi connectivity index (χ2v) is 7.66. The summed E-state index contributed by atoms with van der Waals surface area (Å²) < 4.78 is 0. The molecule has 0 spiro atoms. The Hall–Kier alpha value is -2.33. The highest BCUT2D eigenvalue weighted by atomic mass is 15.2. The van der Waals surface area contributed by atoms with Gasteiger partial charge in [-0.15, -0.1) is 0 Å². The van der Waals surface area contributed by atoms with Gasteiger partial charge in [-0.2, -0.15) is 0 Å². The highest BCUT2D eigenvalue weighted by molar-refractivity contribution is 5.79. The molecule has 150 valence electrons. The van der Waals surface area contributed by atoms with Crippen molar-refractivity contribution in [3.8, 4) is 0 Å². The summed E-state index contributed by atoms with van der Waals surface area (Å²) in [5.74, 6) is 1.63. The van der Waals surface area contributed by atoms with Gasteiger partial charge in [0, 0.05) is 33.2 Å². The summed E-state index contributed by atoms with van der Waals surface area (Å²) in [6.45, 7) is 5.50. The van der Waals surface area contributed by atoms with Crippen LogP contribution in [-0.4, -0.2) is 50.6 Å². The molecule has 3 rings (SSSR count). The third-order valence-corrected chi connectivity index (χ3v) is 5.49. The Balaban J connectivity index is 1.28. The lowest BCUT2D eigenvalue weighted by Gasteiger charge is -2.17. The number of guanidine groups is 1. The molecule has 1 heterocycles. The molecule has 0 aromatic heterocycles. The Kier molecular flexibility index (Phi) is 8.38. The topological polar surface area (TPSA) is 39.7 Å². The van der Waals surface area contributed by atoms with Crippen LogP contribution in [0, 0.1) is 5.92 Å². The van der Waals surface area contributed by atoms with Crippen molar-refractivity contribution in [2.24, 2.45) is 10.9 Å². The molecule has 4 nitrogen and oxygen atoms in total. The number of nitrogens with zero attached hydrogens (tertiary/aromatic N) is 2. The number of likely N-dealkylation sites (tertiary alicyclic amines) is 1. The van der Waals surface area contributed by atoms with Crippen molar-refractivity contribution >= 4 is 5.96 Å². The van der Waals surface area contributed by atoms with Crippen molar-refractivity contribution in [2.75, 3.05) is 39.8 Å². The van der Waals surface area contributed by atoms with Gasteiger partial charge in [0.05, 0.1) is 0 Å². The molecule has 0 amide bonds. The largest absolute Gasteiger partial charge is 0.356 e. The van der Waals surface area contributed by atoms with E-state index in [1.165, 1.54) is 30.6 Å². The molecule has 2 aromatic rings. The standard InChI is InChI=1S/C24H34N4/c1-25-24(26-16-8-13-21-9-4-2-5-10-21)27-19-23-15-18-28(20-23)17-14-22-11-6-3-7-12-22/h2-7,9-12,23H,8,13-20H2,1H3,(H2,25,26,27). The lowest BCUT2D eigenvalue weighted by atomic mass is 10.1. The van der Waals surface area contributed by atoms with E-state index in [0.29, 0.717) is 5.92 Å². The van der Waals surface area contributed by atoms with Gasteiger partial charge in [0.25, 0.3) is 0 Å². The van der Waals surface area contributed by atoms with Gasteiger partial charge < -0.3 is 15.5 Å². The predicted octanol–water partition coefficient (Wildman–Crippen LogP) is 3.35. The van der Waals surface area contributed by atoms with Crippen LogP contribution >= 0.6 is 0 Å². The number of aliphatic imine (C=N–C) groups is 1. The summed E-state index contributed by atoms with van der Waals surface area (Å²) >= 11 is 0. The minimum atomic E-state index is 0.707. The van der Waals surface area contributed by atoms with Crippen molar-refractivity contribution < 1.29 is 0 Å². The smallest absolute Gasteiger partial charge is 0.190 e. The molecule has 0 saturated carbocycles. The first-order valence-corrected chi connectivity index (χ1v) is 10.6. The van der Waals surface area contributed by atoms with Gasteiger partial charge in [-0.25, -0.2) is 0 Å².